The first-order chi connectivity index (χ1) is 15.3. The van der Waals surface area contributed by atoms with E-state index in [2.05, 4.69) is 26.0 Å². The molecule has 0 N–H and O–H groups in total. The fraction of sp³-hybridized carbons (Fsp3) is 0.833. The van der Waals surface area contributed by atoms with E-state index < -0.39 is 0 Å². The molecule has 0 aromatic carbocycles. The zero-order valence-electron chi connectivity index (χ0n) is 21.5. The Balaban J connectivity index is 3.47. The molecule has 0 aromatic heterocycles. The van der Waals surface area contributed by atoms with Crippen LogP contribution in [-0.2, 0) is 4.79 Å². The minimum atomic E-state index is 0.948. The molecular formula is C30H56O. The number of rotatable bonds is 25. The lowest BCUT2D eigenvalue weighted by molar-refractivity contribution is -0.105. The lowest BCUT2D eigenvalue weighted by Crippen LogP contribution is -1.87. The standard InChI is InChI=1S/C30H56O/c1-3-5-7-9-11-13-15-16-18-20-22-24-26-28-30(29-31)27-25-23-21-19-17-14-12-10-8-6-4-2/h24,26,28-29H,3-23,25,27H2,1-2H3/b26-24+,30-28+. The Morgan fingerprint density at radius 1 is 0.516 bits per heavy atom. The van der Waals surface area contributed by atoms with Crippen molar-refractivity contribution in [2.24, 2.45) is 0 Å². The number of allylic oxidation sites excluding steroid dienone is 4. The largest absolute Gasteiger partial charge is 0.298 e. The molecule has 0 rings (SSSR count). The third-order valence-electron chi connectivity index (χ3n) is 6.39. The summed E-state index contributed by atoms with van der Waals surface area (Å²) in [5.74, 6) is 0. The Hall–Kier alpha value is -0.850. The van der Waals surface area contributed by atoms with E-state index in [1.54, 1.807) is 0 Å². The topological polar surface area (TPSA) is 17.1 Å². The SMILES string of the molecule is CCCCCCCCCCCC/C=C/C=C(/C=O)CCCCCCCCCCCCC. The van der Waals surface area contributed by atoms with Crippen LogP contribution < -0.4 is 0 Å². The molecule has 0 radical (unpaired) electrons. The number of unbranched alkanes of at least 4 members (excludes halogenated alkanes) is 20. The smallest absolute Gasteiger partial charge is 0.146 e. The number of carbonyl (C=O) groups is 1. The quantitative estimate of drug-likeness (QED) is 0.0606. The van der Waals surface area contributed by atoms with E-state index in [4.69, 9.17) is 0 Å². The maximum absolute atomic E-state index is 11.3. The zero-order valence-corrected chi connectivity index (χ0v) is 21.5. The third-order valence-corrected chi connectivity index (χ3v) is 6.39. The summed E-state index contributed by atoms with van der Waals surface area (Å²) < 4.78 is 0. The lowest BCUT2D eigenvalue weighted by atomic mass is 10.0. The molecule has 0 bridgehead atoms. The summed E-state index contributed by atoms with van der Waals surface area (Å²) in [5, 5.41) is 0. The van der Waals surface area contributed by atoms with Crippen LogP contribution in [0.5, 0.6) is 0 Å². The summed E-state index contributed by atoms with van der Waals surface area (Å²) in [6.07, 6.45) is 38.4. The summed E-state index contributed by atoms with van der Waals surface area (Å²) >= 11 is 0. The van der Waals surface area contributed by atoms with Crippen LogP contribution in [0.25, 0.3) is 0 Å². The minimum absolute atomic E-state index is 0.948. The predicted octanol–water partition coefficient (Wildman–Crippen LogP) is 10.7. The van der Waals surface area contributed by atoms with Crippen LogP contribution in [0.4, 0.5) is 0 Å². The molecule has 0 unspecified atom stereocenters. The molecule has 0 aliphatic rings. The first-order valence-electron chi connectivity index (χ1n) is 14.2. The molecule has 0 aliphatic heterocycles. The fourth-order valence-electron chi connectivity index (χ4n) is 4.21. The van der Waals surface area contributed by atoms with Gasteiger partial charge >= 0.3 is 0 Å². The van der Waals surface area contributed by atoms with E-state index in [-0.39, 0.29) is 0 Å². The van der Waals surface area contributed by atoms with Crippen molar-refractivity contribution in [1.29, 1.82) is 0 Å². The molecule has 0 atom stereocenters. The van der Waals surface area contributed by atoms with Crippen molar-refractivity contribution in [3.8, 4) is 0 Å². The molecular weight excluding hydrogens is 376 g/mol. The van der Waals surface area contributed by atoms with Crippen molar-refractivity contribution in [2.45, 2.75) is 162 Å². The molecule has 1 heteroatoms. The van der Waals surface area contributed by atoms with E-state index in [0.29, 0.717) is 0 Å². The van der Waals surface area contributed by atoms with Gasteiger partial charge in [-0.25, -0.2) is 0 Å². The molecule has 0 spiro atoms. The predicted molar refractivity (Wildman–Crippen MR) is 141 cm³/mol. The highest BCUT2D eigenvalue weighted by Gasteiger charge is 1.97. The van der Waals surface area contributed by atoms with Gasteiger partial charge in [0.15, 0.2) is 0 Å². The molecule has 0 heterocycles. The van der Waals surface area contributed by atoms with Crippen LogP contribution in [-0.4, -0.2) is 6.29 Å². The van der Waals surface area contributed by atoms with Gasteiger partial charge < -0.3 is 0 Å². The number of aldehydes is 1. The van der Waals surface area contributed by atoms with Crippen LogP contribution in [0.2, 0.25) is 0 Å². The third kappa shape index (κ3) is 25.3. The van der Waals surface area contributed by atoms with Crippen molar-refractivity contribution in [3.05, 3.63) is 23.8 Å². The van der Waals surface area contributed by atoms with E-state index in [9.17, 15) is 4.79 Å². The molecule has 0 saturated carbocycles. The van der Waals surface area contributed by atoms with Crippen molar-refractivity contribution < 1.29 is 4.79 Å². The fourth-order valence-corrected chi connectivity index (χ4v) is 4.21. The van der Waals surface area contributed by atoms with Crippen LogP contribution in [0, 0.1) is 0 Å². The second kappa shape index (κ2) is 27.2. The highest BCUT2D eigenvalue weighted by Crippen LogP contribution is 2.14. The van der Waals surface area contributed by atoms with E-state index in [0.717, 1.165) is 31.1 Å². The number of hydrogen-bond donors (Lipinski definition) is 0. The monoisotopic (exact) mass is 432 g/mol. The second-order valence-electron chi connectivity index (χ2n) is 9.54. The number of carbonyl (C=O) groups excluding carboxylic acids is 1. The highest BCUT2D eigenvalue weighted by atomic mass is 16.1. The second-order valence-corrected chi connectivity index (χ2v) is 9.54. The molecule has 31 heavy (non-hydrogen) atoms. The molecule has 0 amide bonds. The van der Waals surface area contributed by atoms with Gasteiger partial charge in [-0.05, 0) is 31.3 Å². The van der Waals surface area contributed by atoms with Crippen molar-refractivity contribution in [2.75, 3.05) is 0 Å². The zero-order chi connectivity index (χ0) is 22.7. The number of hydrogen-bond acceptors (Lipinski definition) is 1. The summed E-state index contributed by atoms with van der Waals surface area (Å²) in [6, 6.07) is 0. The van der Waals surface area contributed by atoms with E-state index in [1.807, 2.05) is 6.08 Å². The van der Waals surface area contributed by atoms with Gasteiger partial charge in [0.25, 0.3) is 0 Å². The lowest BCUT2D eigenvalue weighted by Gasteiger charge is -2.03. The maximum Gasteiger partial charge on any atom is 0.146 e. The Morgan fingerprint density at radius 3 is 1.32 bits per heavy atom. The van der Waals surface area contributed by atoms with E-state index in [1.165, 1.54) is 128 Å². The summed E-state index contributed by atoms with van der Waals surface area (Å²) in [5.41, 5.74) is 0.968. The van der Waals surface area contributed by atoms with Gasteiger partial charge in [0.05, 0.1) is 0 Å². The van der Waals surface area contributed by atoms with Gasteiger partial charge in [0.1, 0.15) is 6.29 Å². The van der Waals surface area contributed by atoms with Gasteiger partial charge in [-0.3, -0.25) is 4.79 Å². The van der Waals surface area contributed by atoms with Crippen LogP contribution in [0.15, 0.2) is 23.8 Å². The molecule has 0 aliphatic carbocycles. The Kier molecular flexibility index (Phi) is 26.4. The summed E-state index contributed by atoms with van der Waals surface area (Å²) in [7, 11) is 0. The average molecular weight is 433 g/mol. The van der Waals surface area contributed by atoms with Crippen molar-refractivity contribution >= 4 is 6.29 Å². The summed E-state index contributed by atoms with van der Waals surface area (Å²) in [6.45, 7) is 4.56. The van der Waals surface area contributed by atoms with E-state index >= 15 is 0 Å². The summed E-state index contributed by atoms with van der Waals surface area (Å²) in [4.78, 5) is 11.3. The van der Waals surface area contributed by atoms with Crippen LogP contribution >= 0.6 is 0 Å². The highest BCUT2D eigenvalue weighted by molar-refractivity contribution is 5.73. The maximum atomic E-state index is 11.3. The Labute approximate surface area is 196 Å². The van der Waals surface area contributed by atoms with Gasteiger partial charge in [-0.15, -0.1) is 0 Å². The molecule has 182 valence electrons. The van der Waals surface area contributed by atoms with Gasteiger partial charge in [0.2, 0.25) is 0 Å². The first-order valence-corrected chi connectivity index (χ1v) is 14.2. The van der Waals surface area contributed by atoms with Crippen LogP contribution in [0.3, 0.4) is 0 Å². The molecule has 0 fully saturated rings. The molecule has 1 nitrogen and oxygen atoms in total. The average Bonchev–Trinajstić information content (AvgIpc) is 2.79. The van der Waals surface area contributed by atoms with Crippen molar-refractivity contribution in [3.63, 3.8) is 0 Å². The molecule has 0 saturated heterocycles. The minimum Gasteiger partial charge on any atom is -0.298 e. The van der Waals surface area contributed by atoms with Gasteiger partial charge in [0, 0.05) is 0 Å². The Morgan fingerprint density at radius 2 is 0.903 bits per heavy atom. The van der Waals surface area contributed by atoms with Gasteiger partial charge in [-0.2, -0.15) is 0 Å². The van der Waals surface area contributed by atoms with Crippen LogP contribution in [0.1, 0.15) is 162 Å². The Bertz CT molecular complexity index is 407. The van der Waals surface area contributed by atoms with Crippen molar-refractivity contribution in [1.82, 2.24) is 0 Å². The molecule has 0 aromatic rings. The first kappa shape index (κ1) is 30.1. The normalized spacial score (nSPS) is 12.1. The van der Waals surface area contributed by atoms with Gasteiger partial charge in [-0.1, -0.05) is 154 Å².